The van der Waals surface area contributed by atoms with Crippen LogP contribution in [0.5, 0.6) is 0 Å². The van der Waals surface area contributed by atoms with Crippen LogP contribution >= 0.6 is 23.2 Å². The summed E-state index contributed by atoms with van der Waals surface area (Å²) in [5.41, 5.74) is 6.52. The molecule has 0 bridgehead atoms. The first-order valence-electron chi connectivity index (χ1n) is 6.50. The molecule has 1 heterocycles. The Hall–Kier alpha value is -1.89. The van der Waals surface area contributed by atoms with Gasteiger partial charge < -0.3 is 10.6 Å². The second kappa shape index (κ2) is 7.40. The molecule has 1 aromatic carbocycles. The normalized spacial score (nSPS) is 10.5. The van der Waals surface area contributed by atoms with Crippen LogP contribution in [0, 0.1) is 10.1 Å². The third kappa shape index (κ3) is 4.07. The van der Waals surface area contributed by atoms with Crippen molar-refractivity contribution < 1.29 is 4.92 Å². The number of nitrogens with two attached hydrogens (primary N) is 1. The molecule has 1 aromatic heterocycles. The first-order valence-corrected chi connectivity index (χ1v) is 7.26. The molecular weight excluding hydrogens is 327 g/mol. The largest absolute Gasteiger partial charge is 0.351 e. The van der Waals surface area contributed by atoms with Gasteiger partial charge in [0.2, 0.25) is 0 Å². The summed E-state index contributed by atoms with van der Waals surface area (Å²) >= 11 is 11.9. The molecule has 2 N–H and O–H groups in total. The summed E-state index contributed by atoms with van der Waals surface area (Å²) in [5.74, 6) is 0.613. The predicted octanol–water partition coefficient (Wildman–Crippen LogP) is 3.26. The van der Waals surface area contributed by atoms with Gasteiger partial charge in [0.05, 0.1) is 15.0 Å². The quantitative estimate of drug-likeness (QED) is 0.644. The highest BCUT2D eigenvalue weighted by Crippen LogP contribution is 2.24. The zero-order valence-corrected chi connectivity index (χ0v) is 13.1. The zero-order valence-electron chi connectivity index (χ0n) is 11.6. The van der Waals surface area contributed by atoms with Crippen molar-refractivity contribution in [1.29, 1.82) is 0 Å². The van der Waals surface area contributed by atoms with E-state index in [1.165, 1.54) is 12.3 Å². The maximum absolute atomic E-state index is 10.7. The smallest absolute Gasteiger partial charge is 0.287 e. The molecule has 116 valence electrons. The van der Waals surface area contributed by atoms with Crippen LogP contribution in [-0.4, -0.2) is 23.0 Å². The number of anilines is 1. The fraction of sp³-hybridized carbons (Fsp3) is 0.214. The van der Waals surface area contributed by atoms with E-state index in [2.05, 4.69) is 4.98 Å². The molecule has 22 heavy (non-hydrogen) atoms. The van der Waals surface area contributed by atoms with Gasteiger partial charge in [-0.05, 0) is 23.8 Å². The summed E-state index contributed by atoms with van der Waals surface area (Å²) in [5, 5.41) is 11.6. The van der Waals surface area contributed by atoms with Crippen LogP contribution in [0.15, 0.2) is 36.5 Å². The maximum Gasteiger partial charge on any atom is 0.287 e. The Morgan fingerprint density at radius 1 is 1.23 bits per heavy atom. The minimum absolute atomic E-state index is 0.0500. The minimum Gasteiger partial charge on any atom is -0.351 e. The lowest BCUT2D eigenvalue weighted by atomic mass is 10.2. The van der Waals surface area contributed by atoms with Gasteiger partial charge >= 0.3 is 0 Å². The Labute approximate surface area is 137 Å². The molecule has 0 fully saturated rings. The van der Waals surface area contributed by atoms with Crippen molar-refractivity contribution >= 4 is 34.7 Å². The summed E-state index contributed by atoms with van der Waals surface area (Å²) in [4.78, 5) is 16.2. The molecule has 0 spiro atoms. The molecule has 0 atom stereocenters. The van der Waals surface area contributed by atoms with Crippen molar-refractivity contribution in [2.24, 2.45) is 5.73 Å². The second-order valence-corrected chi connectivity index (χ2v) is 5.40. The SMILES string of the molecule is NCCN(Cc1ccc(Cl)c(Cl)c1)c1ccc([N+](=O)[O-])cn1. The molecule has 0 saturated heterocycles. The Bertz CT molecular complexity index is 664. The molecular formula is C14H14Cl2N4O2. The average Bonchev–Trinajstić information content (AvgIpc) is 2.50. The Kier molecular flexibility index (Phi) is 5.54. The number of hydrogen-bond donors (Lipinski definition) is 1. The van der Waals surface area contributed by atoms with E-state index in [4.69, 9.17) is 28.9 Å². The summed E-state index contributed by atoms with van der Waals surface area (Å²) in [6, 6.07) is 8.39. The first-order chi connectivity index (χ1) is 10.5. The van der Waals surface area contributed by atoms with E-state index in [1.54, 1.807) is 18.2 Å². The van der Waals surface area contributed by atoms with E-state index in [0.717, 1.165) is 5.56 Å². The van der Waals surface area contributed by atoms with Gasteiger partial charge in [-0.1, -0.05) is 29.3 Å². The molecule has 0 aliphatic heterocycles. The van der Waals surface area contributed by atoms with Crippen molar-refractivity contribution in [2.45, 2.75) is 6.54 Å². The topological polar surface area (TPSA) is 85.3 Å². The molecule has 0 amide bonds. The van der Waals surface area contributed by atoms with Gasteiger partial charge in [0.15, 0.2) is 0 Å². The van der Waals surface area contributed by atoms with Crippen molar-refractivity contribution in [3.63, 3.8) is 0 Å². The van der Waals surface area contributed by atoms with Gasteiger partial charge in [-0.3, -0.25) is 10.1 Å². The van der Waals surface area contributed by atoms with Crippen molar-refractivity contribution in [3.05, 3.63) is 62.3 Å². The highest BCUT2D eigenvalue weighted by molar-refractivity contribution is 6.42. The standard InChI is InChI=1S/C14H14Cl2N4O2/c15-12-3-1-10(7-13(12)16)9-19(6-5-17)14-4-2-11(8-18-14)20(21)22/h1-4,7-8H,5-6,9,17H2. The molecule has 8 heteroatoms. The molecule has 0 unspecified atom stereocenters. The van der Waals surface area contributed by atoms with Gasteiger partial charge in [0.25, 0.3) is 5.69 Å². The Morgan fingerprint density at radius 2 is 2.00 bits per heavy atom. The van der Waals surface area contributed by atoms with Gasteiger partial charge in [0.1, 0.15) is 12.0 Å². The third-order valence-corrected chi connectivity index (χ3v) is 3.76. The Morgan fingerprint density at radius 3 is 2.55 bits per heavy atom. The van der Waals surface area contributed by atoms with Crippen LogP contribution < -0.4 is 10.6 Å². The summed E-state index contributed by atoms with van der Waals surface area (Å²) in [6.07, 6.45) is 1.23. The number of hydrogen-bond acceptors (Lipinski definition) is 5. The van der Waals surface area contributed by atoms with Crippen LogP contribution in [0.4, 0.5) is 11.5 Å². The highest BCUT2D eigenvalue weighted by Gasteiger charge is 2.12. The van der Waals surface area contributed by atoms with E-state index in [0.29, 0.717) is 35.5 Å². The van der Waals surface area contributed by atoms with E-state index in [9.17, 15) is 10.1 Å². The fourth-order valence-corrected chi connectivity index (χ4v) is 2.28. The predicted molar refractivity (Wildman–Crippen MR) is 87.5 cm³/mol. The van der Waals surface area contributed by atoms with Crippen molar-refractivity contribution in [1.82, 2.24) is 4.98 Å². The van der Waals surface area contributed by atoms with Crippen molar-refractivity contribution in [2.75, 3.05) is 18.0 Å². The fourth-order valence-electron chi connectivity index (χ4n) is 1.96. The lowest BCUT2D eigenvalue weighted by molar-refractivity contribution is -0.385. The van der Waals surface area contributed by atoms with E-state index >= 15 is 0 Å². The average molecular weight is 341 g/mol. The summed E-state index contributed by atoms with van der Waals surface area (Å²) in [7, 11) is 0. The highest BCUT2D eigenvalue weighted by atomic mass is 35.5. The van der Waals surface area contributed by atoms with Crippen LogP contribution in [0.25, 0.3) is 0 Å². The summed E-state index contributed by atoms with van der Waals surface area (Å²) < 4.78 is 0. The number of benzene rings is 1. The monoisotopic (exact) mass is 340 g/mol. The van der Waals surface area contributed by atoms with Gasteiger partial charge in [-0.15, -0.1) is 0 Å². The lowest BCUT2D eigenvalue weighted by Gasteiger charge is -2.23. The molecule has 0 aliphatic carbocycles. The molecule has 2 aromatic rings. The van der Waals surface area contributed by atoms with Crippen LogP contribution in [-0.2, 0) is 6.54 Å². The van der Waals surface area contributed by atoms with Gasteiger partial charge in [0, 0.05) is 25.7 Å². The minimum atomic E-state index is -0.483. The van der Waals surface area contributed by atoms with Crippen molar-refractivity contribution in [3.8, 4) is 0 Å². The van der Waals surface area contributed by atoms with Gasteiger partial charge in [-0.25, -0.2) is 4.98 Å². The van der Waals surface area contributed by atoms with E-state index in [-0.39, 0.29) is 5.69 Å². The van der Waals surface area contributed by atoms with E-state index in [1.807, 2.05) is 11.0 Å². The van der Waals surface area contributed by atoms with Crippen LogP contribution in [0.1, 0.15) is 5.56 Å². The molecule has 0 aliphatic rings. The number of nitro groups is 1. The number of aromatic nitrogens is 1. The Balaban J connectivity index is 2.21. The molecule has 6 nitrogen and oxygen atoms in total. The number of halogens is 2. The first kappa shape index (κ1) is 16.5. The molecule has 2 rings (SSSR count). The number of nitrogens with zero attached hydrogens (tertiary/aromatic N) is 3. The number of rotatable bonds is 6. The molecule has 0 saturated carbocycles. The molecule has 0 radical (unpaired) electrons. The second-order valence-electron chi connectivity index (χ2n) is 4.59. The van der Waals surface area contributed by atoms with Crippen LogP contribution in [0.2, 0.25) is 10.0 Å². The number of pyridine rings is 1. The summed E-state index contributed by atoms with van der Waals surface area (Å²) in [6.45, 7) is 1.52. The van der Waals surface area contributed by atoms with Crippen LogP contribution in [0.3, 0.4) is 0 Å². The van der Waals surface area contributed by atoms with E-state index < -0.39 is 4.92 Å². The zero-order chi connectivity index (χ0) is 16.1. The lowest BCUT2D eigenvalue weighted by Crippen LogP contribution is -2.29. The maximum atomic E-state index is 10.7. The third-order valence-electron chi connectivity index (χ3n) is 3.02. The van der Waals surface area contributed by atoms with Gasteiger partial charge in [-0.2, -0.15) is 0 Å².